The molecule has 1 aromatic heterocycles. The molecular weight excluding hydrogens is 331 g/mol. The van der Waals surface area contributed by atoms with Crippen molar-refractivity contribution in [2.45, 2.75) is 25.4 Å². The number of hydrogen-bond donors (Lipinski definition) is 1. The van der Waals surface area contributed by atoms with Crippen molar-refractivity contribution < 1.29 is 4.39 Å². The first kappa shape index (κ1) is 16.9. The van der Waals surface area contributed by atoms with Crippen LogP contribution in [-0.2, 0) is 13.6 Å². The SMILES string of the molecule is Cn1ncc(N[C@H]2CCCN(Cc3ccc(F)cc3)C2)c(Cl)c1=O. The number of rotatable bonds is 4. The number of nitrogens with one attached hydrogen (secondary N) is 1. The van der Waals surface area contributed by atoms with E-state index in [0.717, 1.165) is 38.0 Å². The summed E-state index contributed by atoms with van der Waals surface area (Å²) in [6.07, 6.45) is 3.64. The number of aryl methyl sites for hydroxylation is 1. The molecule has 1 atom stereocenters. The Bertz CT molecular complexity index is 762. The molecule has 0 amide bonds. The third-order valence-electron chi connectivity index (χ3n) is 4.26. The minimum Gasteiger partial charge on any atom is -0.378 e. The van der Waals surface area contributed by atoms with Gasteiger partial charge in [-0.05, 0) is 37.1 Å². The van der Waals surface area contributed by atoms with Crippen molar-refractivity contribution in [2.24, 2.45) is 7.05 Å². The van der Waals surface area contributed by atoms with Crippen LogP contribution in [0.15, 0.2) is 35.3 Å². The number of likely N-dealkylation sites (tertiary alicyclic amines) is 1. The summed E-state index contributed by atoms with van der Waals surface area (Å²) in [6, 6.07) is 6.80. The molecule has 0 radical (unpaired) electrons. The third kappa shape index (κ3) is 3.94. The fourth-order valence-electron chi connectivity index (χ4n) is 3.00. The first-order valence-electron chi connectivity index (χ1n) is 7.98. The van der Waals surface area contributed by atoms with Crippen molar-refractivity contribution in [3.8, 4) is 0 Å². The van der Waals surface area contributed by atoms with Gasteiger partial charge >= 0.3 is 0 Å². The normalized spacial score (nSPS) is 18.5. The zero-order valence-corrected chi connectivity index (χ0v) is 14.3. The molecule has 1 fully saturated rings. The molecule has 2 aromatic rings. The van der Waals surface area contributed by atoms with E-state index in [1.165, 1.54) is 16.8 Å². The number of halogens is 2. The zero-order chi connectivity index (χ0) is 17.1. The van der Waals surface area contributed by atoms with Crippen LogP contribution in [0.25, 0.3) is 0 Å². The highest BCUT2D eigenvalue weighted by Crippen LogP contribution is 2.21. The van der Waals surface area contributed by atoms with Crippen LogP contribution in [0, 0.1) is 5.82 Å². The predicted octanol–water partition coefficient (Wildman–Crippen LogP) is 2.65. The lowest BCUT2D eigenvalue weighted by Gasteiger charge is -2.33. The standard InChI is InChI=1S/C17H20ClFN4O/c1-22-17(24)16(18)15(9-20-22)21-14-3-2-8-23(11-14)10-12-4-6-13(19)7-5-12/h4-7,9,14,21H,2-3,8,10-11H2,1H3/t14-/m0/s1. The second-order valence-corrected chi connectivity index (χ2v) is 6.52. The molecule has 1 N–H and O–H groups in total. The monoisotopic (exact) mass is 350 g/mol. The first-order chi connectivity index (χ1) is 11.5. The lowest BCUT2D eigenvalue weighted by molar-refractivity contribution is 0.208. The summed E-state index contributed by atoms with van der Waals surface area (Å²) in [4.78, 5) is 14.2. The summed E-state index contributed by atoms with van der Waals surface area (Å²) in [5.74, 6) is -0.218. The largest absolute Gasteiger partial charge is 0.378 e. The molecular formula is C17H20ClFN4O. The lowest BCUT2D eigenvalue weighted by atomic mass is 10.0. The van der Waals surface area contributed by atoms with E-state index in [2.05, 4.69) is 15.3 Å². The van der Waals surface area contributed by atoms with Crippen LogP contribution in [0.3, 0.4) is 0 Å². The molecule has 0 saturated carbocycles. The van der Waals surface area contributed by atoms with Crippen LogP contribution in [0.2, 0.25) is 5.02 Å². The molecule has 5 nitrogen and oxygen atoms in total. The molecule has 1 aliphatic heterocycles. The van der Waals surface area contributed by atoms with Gasteiger partial charge in [0.05, 0.1) is 11.9 Å². The van der Waals surface area contributed by atoms with Gasteiger partial charge in [-0.25, -0.2) is 9.07 Å². The summed E-state index contributed by atoms with van der Waals surface area (Å²) in [5, 5.41) is 7.51. The summed E-state index contributed by atoms with van der Waals surface area (Å²) >= 11 is 6.11. The van der Waals surface area contributed by atoms with Crippen molar-refractivity contribution in [3.05, 3.63) is 57.2 Å². The van der Waals surface area contributed by atoms with Crippen LogP contribution < -0.4 is 10.9 Å². The van der Waals surface area contributed by atoms with Crippen LogP contribution in [0.5, 0.6) is 0 Å². The molecule has 0 spiro atoms. The van der Waals surface area contributed by atoms with Crippen molar-refractivity contribution in [1.82, 2.24) is 14.7 Å². The topological polar surface area (TPSA) is 50.2 Å². The molecule has 1 saturated heterocycles. The van der Waals surface area contributed by atoms with E-state index in [4.69, 9.17) is 11.6 Å². The summed E-state index contributed by atoms with van der Waals surface area (Å²) < 4.78 is 14.2. The van der Waals surface area contributed by atoms with E-state index in [9.17, 15) is 9.18 Å². The van der Waals surface area contributed by atoms with E-state index in [-0.39, 0.29) is 22.4 Å². The Balaban J connectivity index is 1.64. The van der Waals surface area contributed by atoms with Gasteiger partial charge in [-0.15, -0.1) is 0 Å². The summed E-state index contributed by atoms with van der Waals surface area (Å²) in [6.45, 7) is 2.61. The number of nitrogens with zero attached hydrogens (tertiary/aromatic N) is 3. The number of aromatic nitrogens is 2. The van der Waals surface area contributed by atoms with E-state index >= 15 is 0 Å². The molecule has 0 unspecified atom stereocenters. The zero-order valence-electron chi connectivity index (χ0n) is 13.5. The van der Waals surface area contributed by atoms with Crippen molar-refractivity contribution >= 4 is 17.3 Å². The number of piperidine rings is 1. The highest BCUT2D eigenvalue weighted by molar-refractivity contribution is 6.32. The molecule has 0 aliphatic carbocycles. The van der Waals surface area contributed by atoms with Gasteiger partial charge in [-0.2, -0.15) is 5.10 Å². The summed E-state index contributed by atoms with van der Waals surface area (Å²) in [5.41, 5.74) is 1.36. The number of hydrogen-bond acceptors (Lipinski definition) is 4. The predicted molar refractivity (Wildman–Crippen MR) is 92.8 cm³/mol. The maximum absolute atomic E-state index is 13.0. The van der Waals surface area contributed by atoms with Gasteiger partial charge in [-0.1, -0.05) is 23.7 Å². The summed E-state index contributed by atoms with van der Waals surface area (Å²) in [7, 11) is 1.57. The Hall–Kier alpha value is -1.92. The minimum absolute atomic E-state index is 0.170. The molecule has 3 rings (SSSR count). The molecule has 128 valence electrons. The van der Waals surface area contributed by atoms with Crippen molar-refractivity contribution in [1.29, 1.82) is 0 Å². The maximum Gasteiger partial charge on any atom is 0.287 e. The molecule has 7 heteroatoms. The third-order valence-corrected chi connectivity index (χ3v) is 4.63. The van der Waals surface area contributed by atoms with Crippen LogP contribution in [0.1, 0.15) is 18.4 Å². The number of benzene rings is 1. The van der Waals surface area contributed by atoms with E-state index in [0.29, 0.717) is 5.69 Å². The van der Waals surface area contributed by atoms with Crippen LogP contribution in [0.4, 0.5) is 10.1 Å². The first-order valence-corrected chi connectivity index (χ1v) is 8.36. The van der Waals surface area contributed by atoms with E-state index in [1.54, 1.807) is 13.2 Å². The molecule has 0 bridgehead atoms. The Morgan fingerprint density at radius 3 is 2.88 bits per heavy atom. The molecule has 1 aromatic carbocycles. The van der Waals surface area contributed by atoms with Gasteiger partial charge in [0.25, 0.3) is 5.56 Å². The van der Waals surface area contributed by atoms with E-state index < -0.39 is 0 Å². The van der Waals surface area contributed by atoms with Crippen LogP contribution in [-0.4, -0.2) is 33.8 Å². The number of anilines is 1. The van der Waals surface area contributed by atoms with Gasteiger partial charge in [0.1, 0.15) is 10.8 Å². The average molecular weight is 351 g/mol. The van der Waals surface area contributed by atoms with Gasteiger partial charge in [0.2, 0.25) is 0 Å². The molecule has 2 heterocycles. The van der Waals surface area contributed by atoms with Gasteiger partial charge < -0.3 is 5.32 Å². The van der Waals surface area contributed by atoms with Gasteiger partial charge in [-0.3, -0.25) is 9.69 Å². The van der Waals surface area contributed by atoms with Crippen molar-refractivity contribution in [3.63, 3.8) is 0 Å². The van der Waals surface area contributed by atoms with Crippen molar-refractivity contribution in [2.75, 3.05) is 18.4 Å². The maximum atomic E-state index is 13.0. The highest BCUT2D eigenvalue weighted by Gasteiger charge is 2.21. The Morgan fingerprint density at radius 2 is 2.12 bits per heavy atom. The Kier molecular flexibility index (Phi) is 5.16. The average Bonchev–Trinajstić information content (AvgIpc) is 2.58. The van der Waals surface area contributed by atoms with Crippen LogP contribution >= 0.6 is 11.6 Å². The smallest absolute Gasteiger partial charge is 0.287 e. The second-order valence-electron chi connectivity index (χ2n) is 6.15. The second kappa shape index (κ2) is 7.32. The van der Waals surface area contributed by atoms with E-state index in [1.807, 2.05) is 12.1 Å². The quantitative estimate of drug-likeness (QED) is 0.921. The molecule has 24 heavy (non-hydrogen) atoms. The van der Waals surface area contributed by atoms with Gasteiger partial charge in [0.15, 0.2) is 0 Å². The lowest BCUT2D eigenvalue weighted by Crippen LogP contribution is -2.42. The fourth-order valence-corrected chi connectivity index (χ4v) is 3.22. The Morgan fingerprint density at radius 1 is 1.38 bits per heavy atom. The van der Waals surface area contributed by atoms with Gasteiger partial charge in [0, 0.05) is 26.2 Å². The molecule has 1 aliphatic rings. The fraction of sp³-hybridized carbons (Fsp3) is 0.412. The minimum atomic E-state index is -0.305. The highest BCUT2D eigenvalue weighted by atomic mass is 35.5. The Labute approximate surface area is 145 Å².